The molecular formula is C24H25ClN2O3S. The SMILES string of the molecule is Cc1ccc(S(=O)(=O)N(CC(=O)NCc2ccccc2Cl)c2ccc(C)cc2C)cc1. The molecule has 5 nitrogen and oxygen atoms in total. The smallest absolute Gasteiger partial charge is 0.264 e. The van der Waals surface area contributed by atoms with Crippen molar-refractivity contribution in [3.8, 4) is 0 Å². The van der Waals surface area contributed by atoms with Crippen LogP contribution in [0, 0.1) is 20.8 Å². The first-order valence-electron chi connectivity index (χ1n) is 9.85. The molecule has 1 N–H and O–H groups in total. The maximum Gasteiger partial charge on any atom is 0.264 e. The first kappa shape index (κ1) is 22.8. The Balaban J connectivity index is 1.91. The number of carbonyl (C=O) groups excluding carboxylic acids is 1. The van der Waals surface area contributed by atoms with Crippen molar-refractivity contribution in [3.63, 3.8) is 0 Å². The van der Waals surface area contributed by atoms with E-state index in [0.29, 0.717) is 10.7 Å². The van der Waals surface area contributed by atoms with Crippen molar-refractivity contribution in [2.45, 2.75) is 32.2 Å². The predicted molar refractivity (Wildman–Crippen MR) is 125 cm³/mol. The van der Waals surface area contributed by atoms with E-state index in [1.165, 1.54) is 0 Å². The van der Waals surface area contributed by atoms with Crippen LogP contribution < -0.4 is 9.62 Å². The molecule has 3 rings (SSSR count). The number of hydrogen-bond donors (Lipinski definition) is 1. The Morgan fingerprint density at radius 2 is 1.58 bits per heavy atom. The van der Waals surface area contributed by atoms with Crippen LogP contribution in [0.5, 0.6) is 0 Å². The average molecular weight is 457 g/mol. The van der Waals surface area contributed by atoms with Gasteiger partial charge in [-0.2, -0.15) is 0 Å². The molecule has 7 heteroatoms. The molecule has 0 bridgehead atoms. The number of anilines is 1. The molecule has 0 aromatic heterocycles. The van der Waals surface area contributed by atoms with Gasteiger partial charge in [-0.15, -0.1) is 0 Å². The number of sulfonamides is 1. The van der Waals surface area contributed by atoms with E-state index in [1.807, 2.05) is 51.1 Å². The van der Waals surface area contributed by atoms with Crippen LogP contribution in [0.25, 0.3) is 0 Å². The lowest BCUT2D eigenvalue weighted by Crippen LogP contribution is -2.41. The first-order valence-corrected chi connectivity index (χ1v) is 11.7. The molecule has 0 saturated carbocycles. The lowest BCUT2D eigenvalue weighted by Gasteiger charge is -2.26. The highest BCUT2D eigenvalue weighted by Gasteiger charge is 2.28. The Morgan fingerprint density at radius 1 is 0.935 bits per heavy atom. The number of aryl methyl sites for hydroxylation is 3. The zero-order chi connectivity index (χ0) is 22.6. The highest BCUT2D eigenvalue weighted by atomic mass is 35.5. The molecule has 31 heavy (non-hydrogen) atoms. The number of nitrogens with one attached hydrogen (secondary N) is 1. The lowest BCUT2D eigenvalue weighted by atomic mass is 10.1. The Hall–Kier alpha value is -2.83. The number of hydrogen-bond acceptors (Lipinski definition) is 3. The zero-order valence-corrected chi connectivity index (χ0v) is 19.3. The molecule has 0 aliphatic carbocycles. The van der Waals surface area contributed by atoms with E-state index in [9.17, 15) is 13.2 Å². The summed E-state index contributed by atoms with van der Waals surface area (Å²) in [6.07, 6.45) is 0. The van der Waals surface area contributed by atoms with Gasteiger partial charge in [0, 0.05) is 11.6 Å². The van der Waals surface area contributed by atoms with Crippen molar-refractivity contribution in [1.82, 2.24) is 5.32 Å². The van der Waals surface area contributed by atoms with E-state index in [0.717, 1.165) is 26.6 Å². The third-order valence-corrected chi connectivity index (χ3v) is 7.09. The molecule has 0 spiro atoms. The molecular weight excluding hydrogens is 432 g/mol. The van der Waals surface area contributed by atoms with Crippen LogP contribution in [0.1, 0.15) is 22.3 Å². The Morgan fingerprint density at radius 3 is 2.23 bits per heavy atom. The van der Waals surface area contributed by atoms with E-state index in [1.54, 1.807) is 36.4 Å². The van der Waals surface area contributed by atoms with Gasteiger partial charge >= 0.3 is 0 Å². The summed E-state index contributed by atoms with van der Waals surface area (Å²) >= 11 is 6.15. The number of benzene rings is 3. The number of amides is 1. The molecule has 0 heterocycles. The summed E-state index contributed by atoms with van der Waals surface area (Å²) in [5.41, 5.74) is 3.97. The minimum absolute atomic E-state index is 0.136. The van der Waals surface area contributed by atoms with Gasteiger partial charge in [0.05, 0.1) is 10.6 Å². The lowest BCUT2D eigenvalue weighted by molar-refractivity contribution is -0.119. The van der Waals surface area contributed by atoms with Gasteiger partial charge in [0.15, 0.2) is 0 Å². The molecule has 0 aliphatic rings. The Bertz CT molecular complexity index is 1190. The van der Waals surface area contributed by atoms with Gasteiger partial charge in [0.25, 0.3) is 10.0 Å². The fraction of sp³-hybridized carbons (Fsp3) is 0.208. The van der Waals surface area contributed by atoms with Gasteiger partial charge in [-0.05, 0) is 56.2 Å². The van der Waals surface area contributed by atoms with Crippen LogP contribution >= 0.6 is 11.6 Å². The van der Waals surface area contributed by atoms with Crippen molar-refractivity contribution in [3.05, 3.63) is 94.0 Å². The van der Waals surface area contributed by atoms with Gasteiger partial charge in [0.2, 0.25) is 5.91 Å². The van der Waals surface area contributed by atoms with Gasteiger partial charge in [-0.1, -0.05) is 65.2 Å². The molecule has 1 amide bonds. The standard InChI is InChI=1S/C24H25ClN2O3S/c1-17-8-11-21(12-9-17)31(29,30)27(23-13-10-18(2)14-19(23)3)16-24(28)26-15-20-6-4-5-7-22(20)25/h4-14H,15-16H2,1-3H3,(H,26,28). The van der Waals surface area contributed by atoms with Crippen molar-refractivity contribution in [1.29, 1.82) is 0 Å². The summed E-state index contributed by atoms with van der Waals surface area (Å²) in [5, 5.41) is 3.32. The molecule has 0 radical (unpaired) electrons. The van der Waals surface area contributed by atoms with E-state index in [4.69, 9.17) is 11.6 Å². The molecule has 0 atom stereocenters. The highest BCUT2D eigenvalue weighted by Crippen LogP contribution is 2.27. The van der Waals surface area contributed by atoms with Crippen molar-refractivity contribution in [2.75, 3.05) is 10.8 Å². The van der Waals surface area contributed by atoms with E-state index in [-0.39, 0.29) is 18.0 Å². The summed E-state index contributed by atoms with van der Waals surface area (Å²) in [6.45, 7) is 5.53. The summed E-state index contributed by atoms with van der Waals surface area (Å²) in [7, 11) is -3.95. The van der Waals surface area contributed by atoms with Crippen molar-refractivity contribution >= 4 is 33.2 Å². The molecule has 0 aliphatic heterocycles. The maximum absolute atomic E-state index is 13.5. The monoisotopic (exact) mass is 456 g/mol. The van der Waals surface area contributed by atoms with Crippen LogP contribution in [0.3, 0.4) is 0 Å². The number of rotatable bonds is 7. The number of nitrogens with zero attached hydrogens (tertiary/aromatic N) is 1. The predicted octanol–water partition coefficient (Wildman–Crippen LogP) is 4.78. The third-order valence-electron chi connectivity index (χ3n) is 4.95. The van der Waals surface area contributed by atoms with Crippen LogP contribution in [-0.2, 0) is 21.4 Å². The number of carbonyl (C=O) groups is 1. The fourth-order valence-electron chi connectivity index (χ4n) is 3.24. The van der Waals surface area contributed by atoms with E-state index in [2.05, 4.69) is 5.32 Å². The summed E-state index contributed by atoms with van der Waals surface area (Å²) in [5.74, 6) is -0.421. The van der Waals surface area contributed by atoms with E-state index < -0.39 is 15.9 Å². The Labute approximate surface area is 188 Å². The highest BCUT2D eigenvalue weighted by molar-refractivity contribution is 7.92. The Kier molecular flexibility index (Phi) is 7.03. The molecule has 3 aromatic carbocycles. The molecule has 0 fully saturated rings. The topological polar surface area (TPSA) is 66.5 Å². The third kappa shape index (κ3) is 5.46. The second-order valence-electron chi connectivity index (χ2n) is 7.48. The molecule has 3 aromatic rings. The minimum atomic E-state index is -3.95. The van der Waals surface area contributed by atoms with Crippen LogP contribution in [-0.4, -0.2) is 20.9 Å². The molecule has 162 valence electrons. The van der Waals surface area contributed by atoms with Crippen molar-refractivity contribution < 1.29 is 13.2 Å². The second kappa shape index (κ2) is 9.54. The van der Waals surface area contributed by atoms with Gasteiger partial charge in [-0.25, -0.2) is 8.42 Å². The minimum Gasteiger partial charge on any atom is -0.350 e. The first-order chi connectivity index (χ1) is 14.7. The quantitative estimate of drug-likeness (QED) is 0.556. The fourth-order valence-corrected chi connectivity index (χ4v) is 4.93. The largest absolute Gasteiger partial charge is 0.350 e. The van der Waals surface area contributed by atoms with Crippen molar-refractivity contribution in [2.24, 2.45) is 0 Å². The zero-order valence-electron chi connectivity index (χ0n) is 17.7. The van der Waals surface area contributed by atoms with Crippen LogP contribution in [0.15, 0.2) is 71.6 Å². The van der Waals surface area contributed by atoms with E-state index >= 15 is 0 Å². The summed E-state index contributed by atoms with van der Waals surface area (Å²) in [6, 6.07) is 19.3. The molecule has 0 saturated heterocycles. The van der Waals surface area contributed by atoms with Crippen LogP contribution in [0.4, 0.5) is 5.69 Å². The van der Waals surface area contributed by atoms with Gasteiger partial charge < -0.3 is 5.32 Å². The maximum atomic E-state index is 13.5. The van der Waals surface area contributed by atoms with Crippen LogP contribution in [0.2, 0.25) is 5.02 Å². The average Bonchev–Trinajstić information content (AvgIpc) is 2.72. The second-order valence-corrected chi connectivity index (χ2v) is 9.75. The number of halogens is 1. The summed E-state index contributed by atoms with van der Waals surface area (Å²) < 4.78 is 28.1. The van der Waals surface area contributed by atoms with Gasteiger partial charge in [0.1, 0.15) is 6.54 Å². The normalized spacial score (nSPS) is 11.2. The molecule has 0 unspecified atom stereocenters. The van der Waals surface area contributed by atoms with Gasteiger partial charge in [-0.3, -0.25) is 9.10 Å². The summed E-state index contributed by atoms with van der Waals surface area (Å²) in [4.78, 5) is 12.9.